The fraction of sp³-hybridized carbons (Fsp3) is 0.571. The van der Waals surface area contributed by atoms with Crippen LogP contribution in [0.5, 0.6) is 0 Å². The van der Waals surface area contributed by atoms with Gasteiger partial charge in [0.15, 0.2) is 5.78 Å². The van der Waals surface area contributed by atoms with Crippen molar-refractivity contribution >= 4 is 43.3 Å². The molecule has 0 bridgehead atoms. The molecule has 38 heavy (non-hydrogen) atoms. The van der Waals surface area contributed by atoms with Gasteiger partial charge in [0.25, 0.3) is 0 Å². The fourth-order valence-corrected chi connectivity index (χ4v) is 6.25. The first-order valence-electron chi connectivity index (χ1n) is 15.5. The van der Waals surface area contributed by atoms with Crippen molar-refractivity contribution in [1.29, 1.82) is 0 Å². The van der Waals surface area contributed by atoms with Gasteiger partial charge in [0.1, 0.15) is 0 Å². The first-order valence-corrected chi connectivity index (χ1v) is 16.2. The first-order chi connectivity index (χ1) is 18.6. The number of hydrogen-bond donors (Lipinski definition) is 0. The lowest BCUT2D eigenvalue weighted by Crippen LogP contribution is -2.40. The van der Waals surface area contributed by atoms with Gasteiger partial charge in [-0.15, -0.1) is 0 Å². The second kappa shape index (κ2) is 17.1. The van der Waals surface area contributed by atoms with Gasteiger partial charge in [-0.3, -0.25) is 9.69 Å². The fourth-order valence-electron chi connectivity index (χ4n) is 5.66. The molecule has 0 saturated carbocycles. The first kappa shape index (κ1) is 30.8. The molecule has 0 aliphatic heterocycles. The highest BCUT2D eigenvalue weighted by Gasteiger charge is 2.22. The number of carbonyl (C=O) groups is 1. The van der Waals surface area contributed by atoms with Crippen LogP contribution in [0, 0.1) is 0 Å². The Hall–Kier alpha value is -1.71. The summed E-state index contributed by atoms with van der Waals surface area (Å²) in [7, 11) is 0. The summed E-state index contributed by atoms with van der Waals surface area (Å²) in [4.78, 5) is 16.3. The third kappa shape index (κ3) is 9.19. The van der Waals surface area contributed by atoms with E-state index >= 15 is 0 Å². The van der Waals surface area contributed by atoms with Crippen LogP contribution < -0.4 is 0 Å². The van der Waals surface area contributed by atoms with Gasteiger partial charge in [-0.1, -0.05) is 143 Å². The van der Waals surface area contributed by atoms with Crippen LogP contribution in [0.25, 0.3) is 21.5 Å². The summed E-state index contributed by atoms with van der Waals surface area (Å²) < 4.78 is 1.10. The van der Waals surface area contributed by atoms with Gasteiger partial charge in [0.05, 0.1) is 6.04 Å². The van der Waals surface area contributed by atoms with Gasteiger partial charge in [-0.05, 0) is 66.5 Å². The van der Waals surface area contributed by atoms with E-state index in [1.807, 2.05) is 6.07 Å². The molecule has 0 spiro atoms. The summed E-state index contributed by atoms with van der Waals surface area (Å²) in [5, 5.41) is 4.72. The molecule has 0 fully saturated rings. The molecular weight excluding hydrogens is 530 g/mol. The van der Waals surface area contributed by atoms with E-state index in [1.54, 1.807) is 0 Å². The summed E-state index contributed by atoms with van der Waals surface area (Å²) in [6.45, 7) is 8.74. The van der Waals surface area contributed by atoms with Gasteiger partial charge < -0.3 is 0 Å². The summed E-state index contributed by atoms with van der Waals surface area (Å²) in [5.74, 6) is 0.254. The number of rotatable bonds is 19. The molecule has 0 saturated heterocycles. The number of unbranched alkanes of at least 4 members (excludes halogenated alkanes) is 12. The molecule has 0 heterocycles. The van der Waals surface area contributed by atoms with Crippen molar-refractivity contribution in [2.75, 3.05) is 13.1 Å². The molecular formula is C35H50BrNO. The van der Waals surface area contributed by atoms with Crippen LogP contribution in [0.4, 0.5) is 0 Å². The molecule has 3 heteroatoms. The van der Waals surface area contributed by atoms with E-state index in [4.69, 9.17) is 0 Å². The Kier molecular flexibility index (Phi) is 13.9. The molecule has 0 N–H and O–H groups in total. The topological polar surface area (TPSA) is 20.3 Å². The molecule has 0 aliphatic carbocycles. The van der Waals surface area contributed by atoms with E-state index in [1.165, 1.54) is 106 Å². The zero-order valence-corrected chi connectivity index (χ0v) is 25.8. The molecule has 0 radical (unpaired) electrons. The van der Waals surface area contributed by atoms with Gasteiger partial charge in [-0.25, -0.2) is 0 Å². The third-order valence-corrected chi connectivity index (χ3v) is 8.78. The van der Waals surface area contributed by atoms with Crippen LogP contribution in [-0.4, -0.2) is 29.8 Å². The van der Waals surface area contributed by atoms with Crippen molar-refractivity contribution in [1.82, 2.24) is 4.90 Å². The maximum absolute atomic E-state index is 13.8. The maximum Gasteiger partial charge on any atom is 0.179 e. The number of Topliss-reactive ketones (excluding diaryl/α,β-unsaturated/α-hetero) is 1. The average molecular weight is 581 g/mol. The van der Waals surface area contributed by atoms with E-state index in [2.05, 4.69) is 84.1 Å². The number of nitrogens with zero attached hydrogens (tertiary/aromatic N) is 1. The Morgan fingerprint density at radius 1 is 0.684 bits per heavy atom. The Morgan fingerprint density at radius 2 is 1.21 bits per heavy atom. The zero-order valence-electron chi connectivity index (χ0n) is 24.2. The molecule has 1 atom stereocenters. The highest BCUT2D eigenvalue weighted by atomic mass is 79.9. The number of benzene rings is 3. The Bertz CT molecular complexity index is 1110. The summed E-state index contributed by atoms with van der Waals surface area (Å²) in [6.07, 6.45) is 18.3. The standard InChI is InChI=1S/C35H50BrNO/c1-4-6-8-10-12-14-18-24-37(25-19-15-13-11-9-7-5-2)28(3)35(38)30-23-22-29-27-34(36)32-21-17-16-20-31(32)33(29)26-30/h16-17,20-23,26-28H,4-15,18-19,24-25H2,1-3H3. The molecule has 0 amide bonds. The van der Waals surface area contributed by atoms with Crippen molar-refractivity contribution in [3.8, 4) is 0 Å². The Labute approximate surface area is 240 Å². The zero-order chi connectivity index (χ0) is 27.2. The predicted octanol–water partition coefficient (Wildman–Crippen LogP) is 11.1. The van der Waals surface area contributed by atoms with Crippen molar-refractivity contribution in [2.45, 2.75) is 117 Å². The smallest absolute Gasteiger partial charge is 0.179 e. The number of halogens is 1. The SMILES string of the molecule is CCCCCCCCCN(CCCCCCCCC)C(C)C(=O)c1ccc2cc(Br)c3ccccc3c2c1. The Morgan fingerprint density at radius 3 is 1.79 bits per heavy atom. The van der Waals surface area contributed by atoms with Gasteiger partial charge >= 0.3 is 0 Å². The van der Waals surface area contributed by atoms with E-state index < -0.39 is 0 Å². The minimum absolute atomic E-state index is 0.0886. The molecule has 3 aromatic carbocycles. The van der Waals surface area contributed by atoms with Gasteiger partial charge in [-0.2, -0.15) is 0 Å². The normalized spacial score (nSPS) is 12.6. The third-order valence-electron chi connectivity index (χ3n) is 8.12. The molecule has 2 nitrogen and oxygen atoms in total. The second-order valence-electron chi connectivity index (χ2n) is 11.2. The lowest BCUT2D eigenvalue weighted by Gasteiger charge is -2.28. The summed E-state index contributed by atoms with van der Waals surface area (Å²) in [5.41, 5.74) is 0.835. The minimum Gasteiger partial charge on any atom is -0.294 e. The lowest BCUT2D eigenvalue weighted by atomic mass is 9.96. The Balaban J connectivity index is 1.67. The highest BCUT2D eigenvalue weighted by Crippen LogP contribution is 2.32. The van der Waals surface area contributed by atoms with Gasteiger partial charge in [0.2, 0.25) is 0 Å². The molecule has 3 rings (SSSR count). The van der Waals surface area contributed by atoms with E-state index in [-0.39, 0.29) is 11.8 Å². The van der Waals surface area contributed by atoms with E-state index in [9.17, 15) is 4.79 Å². The number of hydrogen-bond acceptors (Lipinski definition) is 2. The van der Waals surface area contributed by atoms with Crippen LogP contribution >= 0.6 is 15.9 Å². The molecule has 0 aliphatic rings. The molecule has 208 valence electrons. The number of ketones is 1. The van der Waals surface area contributed by atoms with Crippen LogP contribution in [-0.2, 0) is 0 Å². The van der Waals surface area contributed by atoms with Crippen LogP contribution in [0.15, 0.2) is 53.0 Å². The molecule has 0 aromatic heterocycles. The minimum atomic E-state index is -0.0886. The molecule has 1 unspecified atom stereocenters. The quantitative estimate of drug-likeness (QED) is 0.0799. The van der Waals surface area contributed by atoms with Crippen molar-refractivity contribution in [3.63, 3.8) is 0 Å². The van der Waals surface area contributed by atoms with Crippen molar-refractivity contribution in [2.24, 2.45) is 0 Å². The van der Waals surface area contributed by atoms with Crippen LogP contribution in [0.3, 0.4) is 0 Å². The lowest BCUT2D eigenvalue weighted by molar-refractivity contribution is 0.0832. The van der Waals surface area contributed by atoms with E-state index in [0.29, 0.717) is 0 Å². The number of fused-ring (bicyclic) bond motifs is 3. The number of carbonyl (C=O) groups excluding carboxylic acids is 1. The van der Waals surface area contributed by atoms with Crippen LogP contribution in [0.2, 0.25) is 0 Å². The predicted molar refractivity (Wildman–Crippen MR) is 171 cm³/mol. The van der Waals surface area contributed by atoms with Crippen molar-refractivity contribution < 1.29 is 4.79 Å². The molecule has 3 aromatic rings. The van der Waals surface area contributed by atoms with E-state index in [0.717, 1.165) is 28.5 Å². The van der Waals surface area contributed by atoms with Crippen LogP contribution in [0.1, 0.15) is 121 Å². The highest BCUT2D eigenvalue weighted by molar-refractivity contribution is 9.10. The van der Waals surface area contributed by atoms with Crippen molar-refractivity contribution in [3.05, 3.63) is 58.6 Å². The largest absolute Gasteiger partial charge is 0.294 e. The average Bonchev–Trinajstić information content (AvgIpc) is 2.94. The van der Waals surface area contributed by atoms with Gasteiger partial charge in [0, 0.05) is 10.0 Å². The summed E-state index contributed by atoms with van der Waals surface area (Å²) in [6, 6.07) is 16.8. The monoisotopic (exact) mass is 579 g/mol. The summed E-state index contributed by atoms with van der Waals surface area (Å²) >= 11 is 3.73. The second-order valence-corrected chi connectivity index (χ2v) is 12.0. The maximum atomic E-state index is 13.8.